The molecule has 0 saturated carbocycles. The van der Waals surface area contributed by atoms with Crippen LogP contribution in [0.3, 0.4) is 0 Å². The first-order valence-electron chi connectivity index (χ1n) is 10.0. The third-order valence-electron chi connectivity index (χ3n) is 5.02. The third-order valence-corrected chi connectivity index (χ3v) is 6.94. The summed E-state index contributed by atoms with van der Waals surface area (Å²) in [7, 11) is -3.84. The number of benzene rings is 2. The van der Waals surface area contributed by atoms with Crippen LogP contribution in [0.25, 0.3) is 0 Å². The summed E-state index contributed by atoms with van der Waals surface area (Å²) in [5, 5.41) is 5.12. The van der Waals surface area contributed by atoms with E-state index in [0.717, 1.165) is 16.4 Å². The number of nitrogens with zero attached hydrogens (tertiary/aromatic N) is 1. The maximum absolute atomic E-state index is 13.9. The van der Waals surface area contributed by atoms with Gasteiger partial charge >= 0.3 is 6.18 Å². The molecule has 0 bridgehead atoms. The van der Waals surface area contributed by atoms with Gasteiger partial charge in [-0.05, 0) is 48.7 Å². The van der Waals surface area contributed by atoms with E-state index < -0.39 is 46.9 Å². The molecule has 1 aliphatic heterocycles. The fraction of sp³-hybridized carbons (Fsp3) is 0.381. The van der Waals surface area contributed by atoms with E-state index in [1.54, 1.807) is 18.2 Å². The minimum absolute atomic E-state index is 0.0967. The third kappa shape index (κ3) is 6.19. The normalized spacial score (nSPS) is 17.3. The van der Waals surface area contributed by atoms with Crippen LogP contribution in [-0.4, -0.2) is 43.9 Å². The summed E-state index contributed by atoms with van der Waals surface area (Å²) in [5.74, 6) is -1.18. The standard InChI is InChI=1S/C21H23F4N3O3S/c22-16-11-15(12-17(13-16)26-9-8-21(23,24)25)14-27-20(29)19-7-4-10-28(19)32(30,31)18-5-2-1-3-6-18/h1-3,5-6,11-13,19,26H,4,7-10,14H2,(H,27,29)/t19-/m0/s1. The van der Waals surface area contributed by atoms with E-state index in [1.807, 2.05) is 0 Å². The average Bonchev–Trinajstić information content (AvgIpc) is 3.22. The predicted octanol–water partition coefficient (Wildman–Crippen LogP) is 3.66. The van der Waals surface area contributed by atoms with Crippen LogP contribution < -0.4 is 10.6 Å². The lowest BCUT2D eigenvalue weighted by atomic mass is 10.1. The molecule has 2 aromatic rings. The number of nitrogens with one attached hydrogen (secondary N) is 2. The van der Waals surface area contributed by atoms with Crippen LogP contribution in [0.5, 0.6) is 0 Å². The number of amides is 1. The number of sulfonamides is 1. The first kappa shape index (κ1) is 24.0. The van der Waals surface area contributed by atoms with E-state index >= 15 is 0 Å². The van der Waals surface area contributed by atoms with Gasteiger partial charge in [-0.25, -0.2) is 12.8 Å². The molecule has 1 saturated heterocycles. The second-order valence-corrected chi connectivity index (χ2v) is 9.34. The highest BCUT2D eigenvalue weighted by Gasteiger charge is 2.39. The molecule has 32 heavy (non-hydrogen) atoms. The van der Waals surface area contributed by atoms with Crippen LogP contribution in [-0.2, 0) is 21.4 Å². The van der Waals surface area contributed by atoms with Crippen molar-refractivity contribution in [3.05, 3.63) is 59.9 Å². The summed E-state index contributed by atoms with van der Waals surface area (Å²) < 4.78 is 77.7. The van der Waals surface area contributed by atoms with Crippen molar-refractivity contribution in [1.82, 2.24) is 9.62 Å². The van der Waals surface area contributed by atoms with Gasteiger partial charge in [-0.1, -0.05) is 18.2 Å². The van der Waals surface area contributed by atoms with E-state index in [4.69, 9.17) is 0 Å². The minimum atomic E-state index is -4.33. The van der Waals surface area contributed by atoms with E-state index in [2.05, 4.69) is 10.6 Å². The summed E-state index contributed by atoms with van der Waals surface area (Å²) in [6.45, 7) is -0.296. The topological polar surface area (TPSA) is 78.5 Å². The number of carbonyl (C=O) groups is 1. The quantitative estimate of drug-likeness (QED) is 0.574. The molecular weight excluding hydrogens is 450 g/mol. The molecule has 3 rings (SSSR count). The number of halogens is 4. The molecule has 0 spiro atoms. The van der Waals surface area contributed by atoms with Gasteiger partial charge < -0.3 is 10.6 Å². The molecule has 1 aliphatic rings. The Morgan fingerprint density at radius 1 is 1.12 bits per heavy atom. The fourth-order valence-corrected chi connectivity index (χ4v) is 5.21. The number of rotatable bonds is 8. The van der Waals surface area contributed by atoms with Gasteiger partial charge in [-0.3, -0.25) is 4.79 Å². The molecule has 1 atom stereocenters. The highest BCUT2D eigenvalue weighted by atomic mass is 32.2. The zero-order valence-corrected chi connectivity index (χ0v) is 17.8. The number of alkyl halides is 3. The van der Waals surface area contributed by atoms with Gasteiger partial charge in [-0.15, -0.1) is 0 Å². The van der Waals surface area contributed by atoms with Gasteiger partial charge in [0.1, 0.15) is 11.9 Å². The first-order valence-corrected chi connectivity index (χ1v) is 11.4. The summed E-state index contributed by atoms with van der Waals surface area (Å²) >= 11 is 0. The number of anilines is 1. The van der Waals surface area contributed by atoms with Crippen molar-refractivity contribution in [1.29, 1.82) is 0 Å². The average molecular weight is 473 g/mol. The molecule has 1 fully saturated rings. The monoisotopic (exact) mass is 473 g/mol. The zero-order valence-electron chi connectivity index (χ0n) is 17.0. The van der Waals surface area contributed by atoms with Crippen molar-refractivity contribution in [3.63, 3.8) is 0 Å². The van der Waals surface area contributed by atoms with E-state index in [0.29, 0.717) is 18.4 Å². The van der Waals surface area contributed by atoms with Gasteiger partial charge in [0.2, 0.25) is 15.9 Å². The molecule has 2 aromatic carbocycles. The summed E-state index contributed by atoms with van der Waals surface area (Å²) in [4.78, 5) is 12.8. The highest BCUT2D eigenvalue weighted by molar-refractivity contribution is 7.89. The lowest BCUT2D eigenvalue weighted by molar-refractivity contribution is -0.131. The molecule has 1 amide bonds. The Bertz CT molecular complexity index is 1050. The first-order chi connectivity index (χ1) is 15.1. The largest absolute Gasteiger partial charge is 0.390 e. The molecule has 0 aromatic heterocycles. The Morgan fingerprint density at radius 2 is 1.84 bits per heavy atom. The van der Waals surface area contributed by atoms with E-state index in [1.165, 1.54) is 18.2 Å². The second-order valence-electron chi connectivity index (χ2n) is 7.44. The predicted molar refractivity (Wildman–Crippen MR) is 111 cm³/mol. The molecular formula is C21H23F4N3O3S. The molecule has 6 nitrogen and oxygen atoms in total. The summed E-state index contributed by atoms with van der Waals surface area (Å²) in [5.41, 5.74) is 0.496. The van der Waals surface area contributed by atoms with Crippen molar-refractivity contribution in [3.8, 4) is 0 Å². The fourth-order valence-electron chi connectivity index (χ4n) is 3.53. The van der Waals surface area contributed by atoms with Gasteiger partial charge in [0.05, 0.1) is 11.3 Å². The summed E-state index contributed by atoms with van der Waals surface area (Å²) in [6.07, 6.45) is -4.52. The molecule has 0 aliphatic carbocycles. The van der Waals surface area contributed by atoms with Gasteiger partial charge in [-0.2, -0.15) is 17.5 Å². The number of hydrogen-bond acceptors (Lipinski definition) is 4. The van der Waals surface area contributed by atoms with E-state index in [-0.39, 0.29) is 23.7 Å². The second kappa shape index (κ2) is 9.86. The van der Waals surface area contributed by atoms with Crippen LogP contribution in [0.1, 0.15) is 24.8 Å². The smallest absolute Gasteiger partial charge is 0.385 e. The molecule has 0 radical (unpaired) electrons. The lowest BCUT2D eigenvalue weighted by Gasteiger charge is -2.23. The molecule has 0 unspecified atom stereocenters. The lowest BCUT2D eigenvalue weighted by Crippen LogP contribution is -2.45. The maximum Gasteiger partial charge on any atom is 0.390 e. The van der Waals surface area contributed by atoms with Crippen LogP contribution in [0, 0.1) is 5.82 Å². The van der Waals surface area contributed by atoms with Crippen molar-refractivity contribution in [2.75, 3.05) is 18.4 Å². The molecule has 174 valence electrons. The van der Waals surface area contributed by atoms with Gasteiger partial charge in [0.15, 0.2) is 0 Å². The minimum Gasteiger partial charge on any atom is -0.385 e. The molecule has 11 heteroatoms. The maximum atomic E-state index is 13.9. The Labute approximate surface area is 183 Å². The van der Waals surface area contributed by atoms with Gasteiger partial charge in [0.25, 0.3) is 0 Å². The molecule has 2 N–H and O–H groups in total. The Morgan fingerprint density at radius 3 is 2.53 bits per heavy atom. The summed E-state index contributed by atoms with van der Waals surface area (Å²) in [6, 6.07) is 10.6. The van der Waals surface area contributed by atoms with Crippen molar-refractivity contribution < 1.29 is 30.8 Å². The van der Waals surface area contributed by atoms with Crippen molar-refractivity contribution in [2.24, 2.45) is 0 Å². The Hall–Kier alpha value is -2.66. The highest BCUT2D eigenvalue weighted by Crippen LogP contribution is 2.26. The number of carbonyl (C=O) groups excluding carboxylic acids is 1. The van der Waals surface area contributed by atoms with Crippen molar-refractivity contribution in [2.45, 2.75) is 42.9 Å². The Balaban J connectivity index is 1.64. The molecule has 1 heterocycles. The van der Waals surface area contributed by atoms with Crippen LogP contribution in [0.15, 0.2) is 53.4 Å². The Kier molecular flexibility index (Phi) is 7.40. The number of hydrogen-bond donors (Lipinski definition) is 2. The van der Waals surface area contributed by atoms with Crippen LogP contribution in [0.4, 0.5) is 23.2 Å². The zero-order chi connectivity index (χ0) is 23.4. The SMILES string of the molecule is O=C(NCc1cc(F)cc(NCCC(F)(F)F)c1)[C@@H]1CCCN1S(=O)(=O)c1ccccc1. The van der Waals surface area contributed by atoms with Gasteiger partial charge in [0, 0.05) is 25.3 Å². The van der Waals surface area contributed by atoms with Crippen LogP contribution in [0.2, 0.25) is 0 Å². The van der Waals surface area contributed by atoms with Crippen molar-refractivity contribution >= 4 is 21.6 Å². The van der Waals surface area contributed by atoms with Crippen LogP contribution >= 0.6 is 0 Å². The van der Waals surface area contributed by atoms with E-state index in [9.17, 15) is 30.8 Å².